The van der Waals surface area contributed by atoms with Crippen molar-refractivity contribution in [1.82, 2.24) is 0 Å². The van der Waals surface area contributed by atoms with Gasteiger partial charge in [-0.2, -0.15) is 0 Å². The van der Waals surface area contributed by atoms with Crippen LogP contribution in [0.4, 0.5) is 5.69 Å². The zero-order valence-corrected chi connectivity index (χ0v) is 10.8. The molecule has 0 unspecified atom stereocenters. The van der Waals surface area contributed by atoms with Crippen LogP contribution < -0.4 is 4.90 Å². The molecule has 0 atom stereocenters. The van der Waals surface area contributed by atoms with Crippen LogP contribution in [-0.4, -0.2) is 26.2 Å². The Morgan fingerprint density at radius 3 is 2.44 bits per heavy atom. The summed E-state index contributed by atoms with van der Waals surface area (Å²) in [6, 6.07) is 7.77. The minimum Gasteiger partial charge on any atom is -0.465 e. The molecule has 1 aliphatic heterocycles. The van der Waals surface area contributed by atoms with Gasteiger partial charge in [-0.3, -0.25) is 0 Å². The van der Waals surface area contributed by atoms with Gasteiger partial charge in [0, 0.05) is 18.8 Å². The van der Waals surface area contributed by atoms with Crippen molar-refractivity contribution in [3.8, 4) is 0 Å². The quantitative estimate of drug-likeness (QED) is 0.750. The maximum Gasteiger partial charge on any atom is 0.337 e. The van der Waals surface area contributed by atoms with Gasteiger partial charge >= 0.3 is 5.97 Å². The molecule has 3 heteroatoms. The summed E-state index contributed by atoms with van der Waals surface area (Å²) in [5.41, 5.74) is 2.46. The molecular weight excluding hydrogens is 226 g/mol. The molecule has 3 rings (SSSR count). The highest BCUT2D eigenvalue weighted by molar-refractivity contribution is 5.89. The van der Waals surface area contributed by atoms with Crippen molar-refractivity contribution >= 4 is 11.7 Å². The van der Waals surface area contributed by atoms with E-state index in [1.807, 2.05) is 24.3 Å². The number of nitrogens with zero attached hydrogens (tertiary/aromatic N) is 1. The van der Waals surface area contributed by atoms with E-state index >= 15 is 0 Å². The van der Waals surface area contributed by atoms with Crippen LogP contribution in [-0.2, 0) is 4.74 Å². The number of esters is 1. The first-order valence-corrected chi connectivity index (χ1v) is 6.66. The molecule has 0 N–H and O–H groups in total. The molecule has 1 aliphatic carbocycles. The molecule has 96 valence electrons. The molecule has 2 aliphatic rings. The number of hydrogen-bond acceptors (Lipinski definition) is 3. The zero-order chi connectivity index (χ0) is 12.6. The summed E-state index contributed by atoms with van der Waals surface area (Å²) in [4.78, 5) is 13.8. The fraction of sp³-hybridized carbons (Fsp3) is 0.533. The predicted octanol–water partition coefficient (Wildman–Crippen LogP) is 2.85. The Labute approximate surface area is 108 Å². The summed E-state index contributed by atoms with van der Waals surface area (Å²) in [7, 11) is 1.41. The van der Waals surface area contributed by atoms with Gasteiger partial charge in [0.25, 0.3) is 0 Å². The molecule has 0 amide bonds. The van der Waals surface area contributed by atoms with Gasteiger partial charge in [0.1, 0.15) is 0 Å². The van der Waals surface area contributed by atoms with Crippen molar-refractivity contribution in [3.05, 3.63) is 29.8 Å². The third kappa shape index (κ3) is 1.88. The molecule has 1 spiro atoms. The molecule has 0 aromatic heterocycles. The predicted molar refractivity (Wildman–Crippen MR) is 70.9 cm³/mol. The fourth-order valence-electron chi connectivity index (χ4n) is 3.17. The number of methoxy groups -OCH3 is 1. The molecule has 0 bridgehead atoms. The summed E-state index contributed by atoms with van der Waals surface area (Å²) in [5.74, 6) is -0.265. The lowest BCUT2D eigenvalue weighted by atomic mass is 9.68. The molecule has 1 aromatic rings. The van der Waals surface area contributed by atoms with Crippen LogP contribution in [0.2, 0.25) is 0 Å². The number of ether oxygens (including phenoxy) is 1. The first-order valence-electron chi connectivity index (χ1n) is 6.66. The van der Waals surface area contributed by atoms with E-state index in [9.17, 15) is 4.79 Å². The van der Waals surface area contributed by atoms with Gasteiger partial charge in [0.2, 0.25) is 0 Å². The second-order valence-electron chi connectivity index (χ2n) is 5.56. The summed E-state index contributed by atoms with van der Waals surface area (Å²) < 4.78 is 4.71. The largest absolute Gasteiger partial charge is 0.465 e. The second-order valence-corrected chi connectivity index (χ2v) is 5.56. The summed E-state index contributed by atoms with van der Waals surface area (Å²) in [5, 5.41) is 0. The Morgan fingerprint density at radius 2 is 1.94 bits per heavy atom. The van der Waals surface area contributed by atoms with E-state index in [-0.39, 0.29) is 5.97 Å². The smallest absolute Gasteiger partial charge is 0.337 e. The van der Waals surface area contributed by atoms with E-state index in [0.29, 0.717) is 11.0 Å². The zero-order valence-electron chi connectivity index (χ0n) is 10.8. The number of rotatable bonds is 2. The van der Waals surface area contributed by atoms with E-state index in [0.717, 1.165) is 6.54 Å². The van der Waals surface area contributed by atoms with E-state index in [1.165, 1.54) is 45.0 Å². The number of benzene rings is 1. The molecule has 1 aromatic carbocycles. The van der Waals surface area contributed by atoms with Crippen LogP contribution in [0.5, 0.6) is 0 Å². The van der Waals surface area contributed by atoms with Crippen molar-refractivity contribution in [3.63, 3.8) is 0 Å². The highest BCUT2D eigenvalue weighted by Crippen LogP contribution is 2.48. The van der Waals surface area contributed by atoms with Crippen molar-refractivity contribution in [2.45, 2.75) is 25.7 Å². The lowest BCUT2D eigenvalue weighted by Crippen LogP contribution is -2.33. The van der Waals surface area contributed by atoms with Gasteiger partial charge in [-0.15, -0.1) is 0 Å². The van der Waals surface area contributed by atoms with Gasteiger partial charge in [0.05, 0.1) is 12.7 Å². The van der Waals surface area contributed by atoms with E-state index < -0.39 is 0 Å². The van der Waals surface area contributed by atoms with Crippen LogP contribution >= 0.6 is 0 Å². The summed E-state index contributed by atoms with van der Waals surface area (Å²) >= 11 is 0. The van der Waals surface area contributed by atoms with Crippen molar-refractivity contribution < 1.29 is 9.53 Å². The molecule has 0 radical (unpaired) electrons. The second kappa shape index (κ2) is 4.30. The van der Waals surface area contributed by atoms with Gasteiger partial charge in [-0.05, 0) is 48.9 Å². The number of hydrogen-bond donors (Lipinski definition) is 0. The van der Waals surface area contributed by atoms with Crippen molar-refractivity contribution in [2.75, 3.05) is 25.1 Å². The van der Waals surface area contributed by atoms with Crippen molar-refractivity contribution in [2.24, 2.45) is 5.41 Å². The topological polar surface area (TPSA) is 29.5 Å². The number of carbonyl (C=O) groups excluding carboxylic acids is 1. The molecule has 1 saturated carbocycles. The van der Waals surface area contributed by atoms with Crippen LogP contribution in [0, 0.1) is 5.41 Å². The summed E-state index contributed by atoms with van der Waals surface area (Å²) in [6.45, 7) is 2.34. The molecule has 1 heterocycles. The third-order valence-electron chi connectivity index (χ3n) is 4.51. The lowest BCUT2D eigenvalue weighted by molar-refractivity contribution is 0.0601. The molecule has 2 fully saturated rings. The minimum atomic E-state index is -0.265. The molecule has 3 nitrogen and oxygen atoms in total. The Hall–Kier alpha value is -1.51. The highest BCUT2D eigenvalue weighted by atomic mass is 16.5. The normalized spacial score (nSPS) is 20.8. The third-order valence-corrected chi connectivity index (χ3v) is 4.51. The van der Waals surface area contributed by atoms with E-state index in [4.69, 9.17) is 4.74 Å². The average molecular weight is 245 g/mol. The number of anilines is 1. The number of carbonyl (C=O) groups is 1. The molecular formula is C15H19NO2. The van der Waals surface area contributed by atoms with Crippen LogP contribution in [0.15, 0.2) is 24.3 Å². The van der Waals surface area contributed by atoms with Crippen LogP contribution in [0.25, 0.3) is 0 Å². The standard InChI is InChI=1S/C15H19NO2/c1-18-14(17)12-3-5-13(6-4-12)16-10-9-15(11-16)7-2-8-15/h3-6H,2,7-11H2,1H3. The average Bonchev–Trinajstić information content (AvgIpc) is 2.83. The maximum absolute atomic E-state index is 11.4. The SMILES string of the molecule is COC(=O)c1ccc(N2CCC3(CCC3)C2)cc1. The summed E-state index contributed by atoms with van der Waals surface area (Å²) in [6.07, 6.45) is 5.51. The Balaban J connectivity index is 1.72. The highest BCUT2D eigenvalue weighted by Gasteiger charge is 2.42. The van der Waals surface area contributed by atoms with Gasteiger partial charge < -0.3 is 9.64 Å². The molecule has 1 saturated heterocycles. The van der Waals surface area contributed by atoms with Gasteiger partial charge in [-0.1, -0.05) is 6.42 Å². The van der Waals surface area contributed by atoms with Crippen molar-refractivity contribution in [1.29, 1.82) is 0 Å². The van der Waals surface area contributed by atoms with E-state index in [2.05, 4.69) is 4.90 Å². The van der Waals surface area contributed by atoms with E-state index in [1.54, 1.807) is 0 Å². The minimum absolute atomic E-state index is 0.265. The molecule has 18 heavy (non-hydrogen) atoms. The van der Waals surface area contributed by atoms with Gasteiger partial charge in [-0.25, -0.2) is 4.79 Å². The fourth-order valence-corrected chi connectivity index (χ4v) is 3.17. The van der Waals surface area contributed by atoms with Crippen LogP contribution in [0.3, 0.4) is 0 Å². The first kappa shape index (κ1) is 11.6. The first-order chi connectivity index (χ1) is 8.72. The van der Waals surface area contributed by atoms with Crippen LogP contribution in [0.1, 0.15) is 36.0 Å². The Morgan fingerprint density at radius 1 is 1.22 bits per heavy atom. The maximum atomic E-state index is 11.4. The Bertz CT molecular complexity index is 448. The monoisotopic (exact) mass is 245 g/mol. The lowest BCUT2D eigenvalue weighted by Gasteiger charge is -2.38. The Kier molecular flexibility index (Phi) is 2.77. The van der Waals surface area contributed by atoms with Gasteiger partial charge in [0.15, 0.2) is 0 Å².